The molecule has 246 valence electrons. The van der Waals surface area contributed by atoms with E-state index in [4.69, 9.17) is 16.3 Å². The maximum atomic E-state index is 13.7. The second-order valence-electron chi connectivity index (χ2n) is 12.0. The van der Waals surface area contributed by atoms with Crippen molar-refractivity contribution in [2.45, 2.75) is 83.5 Å². The molecule has 3 aromatic rings. The van der Waals surface area contributed by atoms with Gasteiger partial charge in [0.1, 0.15) is 18.7 Å². The third kappa shape index (κ3) is 10.6. The number of hydrogen-bond acceptors (Lipinski definition) is 8. The molecule has 0 saturated heterocycles. The van der Waals surface area contributed by atoms with Crippen LogP contribution in [0.4, 0.5) is 5.13 Å². The number of anilines is 1. The molecule has 1 aliphatic carbocycles. The van der Waals surface area contributed by atoms with Gasteiger partial charge in [-0.15, -0.1) is 11.3 Å². The van der Waals surface area contributed by atoms with E-state index < -0.39 is 29.9 Å². The van der Waals surface area contributed by atoms with Gasteiger partial charge in [-0.1, -0.05) is 62.6 Å². The van der Waals surface area contributed by atoms with Crippen LogP contribution < -0.4 is 21.3 Å². The number of rotatable bonds is 14. The quantitative estimate of drug-likeness (QED) is 0.168. The van der Waals surface area contributed by atoms with Crippen molar-refractivity contribution in [2.24, 2.45) is 5.92 Å². The Balaban J connectivity index is 1.42. The molecular formula is C34H42ClN5O5S. The predicted octanol–water partition coefficient (Wildman–Crippen LogP) is 5.44. The summed E-state index contributed by atoms with van der Waals surface area (Å²) in [7, 11) is 0. The highest BCUT2D eigenvalue weighted by molar-refractivity contribution is 7.13. The Morgan fingerprint density at radius 1 is 1.00 bits per heavy atom. The van der Waals surface area contributed by atoms with E-state index in [0.717, 1.165) is 41.9 Å². The minimum atomic E-state index is -1.21. The molecule has 0 aliphatic heterocycles. The summed E-state index contributed by atoms with van der Waals surface area (Å²) >= 11 is 7.76. The van der Waals surface area contributed by atoms with Gasteiger partial charge in [-0.05, 0) is 60.6 Å². The first kappa shape index (κ1) is 34.9. The van der Waals surface area contributed by atoms with Gasteiger partial charge in [0.2, 0.25) is 11.8 Å². The number of ether oxygens (including phenoxy) is 1. The Kier molecular flexibility index (Phi) is 13.0. The van der Waals surface area contributed by atoms with E-state index in [1.807, 2.05) is 55.6 Å². The highest BCUT2D eigenvalue weighted by Crippen LogP contribution is 2.34. The molecule has 1 saturated carbocycles. The average molecular weight is 668 g/mol. The molecule has 1 aliphatic rings. The summed E-state index contributed by atoms with van der Waals surface area (Å²) in [5.74, 6) is -1.81. The van der Waals surface area contributed by atoms with E-state index in [1.54, 1.807) is 18.3 Å². The lowest BCUT2D eigenvalue weighted by Gasteiger charge is -2.34. The minimum Gasteiger partial charge on any atom is -0.463 e. The highest BCUT2D eigenvalue weighted by atomic mass is 35.5. The zero-order chi connectivity index (χ0) is 33.1. The fourth-order valence-corrected chi connectivity index (χ4v) is 6.31. The monoisotopic (exact) mass is 667 g/mol. The molecule has 1 unspecified atom stereocenters. The molecule has 0 radical (unpaired) electrons. The summed E-state index contributed by atoms with van der Waals surface area (Å²) in [6.45, 7) is 5.32. The molecule has 0 spiro atoms. The lowest BCUT2D eigenvalue weighted by Crippen LogP contribution is -2.57. The molecule has 4 atom stereocenters. The van der Waals surface area contributed by atoms with Crippen LogP contribution >= 0.6 is 22.9 Å². The van der Waals surface area contributed by atoms with Crippen LogP contribution in [0.25, 0.3) is 0 Å². The van der Waals surface area contributed by atoms with E-state index in [9.17, 15) is 19.2 Å². The zero-order valence-electron chi connectivity index (χ0n) is 26.4. The number of halogens is 1. The molecule has 46 heavy (non-hydrogen) atoms. The Bertz CT molecular complexity index is 1470. The van der Waals surface area contributed by atoms with Gasteiger partial charge in [-0.2, -0.15) is 0 Å². The molecular weight excluding hydrogens is 626 g/mol. The van der Waals surface area contributed by atoms with Gasteiger partial charge in [0, 0.05) is 47.6 Å². The maximum absolute atomic E-state index is 13.7. The standard InChI is InChI=1S/C34H42ClN5O5S/c1-21(2)17-29(32(43)38-28-10-5-4-9-27(28)25-7-6-8-26(35)18-25)39-33(44)30(20-45-22(3)41)40-31(42)24-13-11-23(12-14-24)19-37-34-36-15-16-46-34/h6-8,11-16,18,21,27-30H,4-5,9-10,17,19-20H2,1-3H3,(H,36,37)(H,38,43)(H,39,44)(H,40,42)/t27-,28?,29-,30-/m0/s1. The van der Waals surface area contributed by atoms with Gasteiger partial charge in [0.25, 0.3) is 5.91 Å². The van der Waals surface area contributed by atoms with Crippen molar-refractivity contribution in [2.75, 3.05) is 11.9 Å². The van der Waals surface area contributed by atoms with Crippen LogP contribution in [0.1, 0.15) is 80.3 Å². The lowest BCUT2D eigenvalue weighted by atomic mass is 9.80. The van der Waals surface area contributed by atoms with E-state index in [1.165, 1.54) is 18.3 Å². The molecule has 3 amide bonds. The van der Waals surface area contributed by atoms with Gasteiger partial charge in [0.15, 0.2) is 5.13 Å². The Hall–Kier alpha value is -3.96. The smallest absolute Gasteiger partial charge is 0.302 e. The number of amides is 3. The second kappa shape index (κ2) is 17.1. The molecule has 1 fully saturated rings. The van der Waals surface area contributed by atoms with Crippen LogP contribution in [0, 0.1) is 5.92 Å². The first-order chi connectivity index (χ1) is 22.1. The molecule has 0 bridgehead atoms. The highest BCUT2D eigenvalue weighted by Gasteiger charge is 2.33. The normalized spacial score (nSPS) is 17.4. The van der Waals surface area contributed by atoms with Gasteiger partial charge in [-0.3, -0.25) is 19.2 Å². The number of benzene rings is 2. The number of aromatic nitrogens is 1. The van der Waals surface area contributed by atoms with Crippen LogP contribution in [0.2, 0.25) is 5.02 Å². The van der Waals surface area contributed by atoms with Crippen LogP contribution in [0.3, 0.4) is 0 Å². The van der Waals surface area contributed by atoms with Gasteiger partial charge in [0.05, 0.1) is 0 Å². The number of nitrogens with zero attached hydrogens (tertiary/aromatic N) is 1. The number of esters is 1. The maximum Gasteiger partial charge on any atom is 0.302 e. The lowest BCUT2D eigenvalue weighted by molar-refractivity contribution is -0.143. The summed E-state index contributed by atoms with van der Waals surface area (Å²) in [5, 5.41) is 15.2. The summed E-state index contributed by atoms with van der Waals surface area (Å²) in [6.07, 6.45) is 5.89. The second-order valence-corrected chi connectivity index (χ2v) is 13.3. The van der Waals surface area contributed by atoms with Crippen molar-refractivity contribution in [3.05, 3.63) is 81.8 Å². The summed E-state index contributed by atoms with van der Waals surface area (Å²) in [4.78, 5) is 56.2. The van der Waals surface area contributed by atoms with Crippen molar-refractivity contribution in [3.8, 4) is 0 Å². The number of hydrogen-bond donors (Lipinski definition) is 4. The molecule has 10 nitrogen and oxygen atoms in total. The largest absolute Gasteiger partial charge is 0.463 e. The predicted molar refractivity (Wildman–Crippen MR) is 180 cm³/mol. The van der Waals surface area contributed by atoms with Crippen LogP contribution in [0.5, 0.6) is 0 Å². The van der Waals surface area contributed by atoms with Crippen molar-refractivity contribution >= 4 is 51.8 Å². The van der Waals surface area contributed by atoms with Crippen molar-refractivity contribution in [1.82, 2.24) is 20.9 Å². The van der Waals surface area contributed by atoms with Crippen LogP contribution in [-0.2, 0) is 25.7 Å². The third-order valence-corrected chi connectivity index (χ3v) is 8.84. The van der Waals surface area contributed by atoms with Crippen molar-refractivity contribution < 1.29 is 23.9 Å². The zero-order valence-corrected chi connectivity index (χ0v) is 28.0. The fraction of sp³-hybridized carbons (Fsp3) is 0.441. The average Bonchev–Trinajstić information content (AvgIpc) is 3.55. The molecule has 1 aromatic heterocycles. The van der Waals surface area contributed by atoms with Gasteiger partial charge < -0.3 is 26.0 Å². The topological polar surface area (TPSA) is 139 Å². The first-order valence-corrected chi connectivity index (χ1v) is 16.9. The SMILES string of the molecule is CC(=O)OC[C@H](NC(=O)c1ccc(CNc2nccs2)cc1)C(=O)N[C@@H](CC(C)C)C(=O)NC1CCCC[C@H]1c1cccc(Cl)c1. The van der Waals surface area contributed by atoms with Crippen LogP contribution in [0.15, 0.2) is 60.1 Å². The van der Waals surface area contributed by atoms with E-state index in [-0.39, 0.29) is 30.4 Å². The van der Waals surface area contributed by atoms with E-state index in [2.05, 4.69) is 26.3 Å². The Morgan fingerprint density at radius 3 is 2.43 bits per heavy atom. The van der Waals surface area contributed by atoms with E-state index >= 15 is 0 Å². The molecule has 2 aromatic carbocycles. The van der Waals surface area contributed by atoms with Gasteiger partial charge >= 0.3 is 5.97 Å². The minimum absolute atomic E-state index is 0.0937. The molecule has 12 heteroatoms. The molecule has 4 N–H and O–H groups in total. The Labute approximate surface area is 279 Å². The Morgan fingerprint density at radius 2 is 1.76 bits per heavy atom. The number of carbonyl (C=O) groups excluding carboxylic acids is 4. The first-order valence-electron chi connectivity index (χ1n) is 15.6. The number of carbonyl (C=O) groups is 4. The molecule has 1 heterocycles. The van der Waals surface area contributed by atoms with Crippen molar-refractivity contribution in [3.63, 3.8) is 0 Å². The molecule has 4 rings (SSSR count). The fourth-order valence-electron chi connectivity index (χ4n) is 5.59. The van der Waals surface area contributed by atoms with Crippen LogP contribution in [-0.4, -0.2) is 53.4 Å². The summed E-state index contributed by atoms with van der Waals surface area (Å²) in [6, 6.07) is 12.5. The van der Waals surface area contributed by atoms with E-state index in [0.29, 0.717) is 23.6 Å². The van der Waals surface area contributed by atoms with Crippen molar-refractivity contribution in [1.29, 1.82) is 0 Å². The summed E-state index contributed by atoms with van der Waals surface area (Å²) in [5.41, 5.74) is 2.36. The number of nitrogens with one attached hydrogen (secondary N) is 4. The summed E-state index contributed by atoms with van der Waals surface area (Å²) < 4.78 is 5.13. The number of thiazole rings is 1. The van der Waals surface area contributed by atoms with Gasteiger partial charge in [-0.25, -0.2) is 4.98 Å². The third-order valence-electron chi connectivity index (χ3n) is 7.88.